The van der Waals surface area contributed by atoms with E-state index >= 15 is 0 Å². The van der Waals surface area contributed by atoms with Gasteiger partial charge in [-0.05, 0) is 19.8 Å². The fraction of sp³-hybridized carbons (Fsp3) is 0.588. The van der Waals surface area contributed by atoms with E-state index < -0.39 is 11.9 Å². The lowest BCUT2D eigenvalue weighted by atomic mass is 9.97. The molecule has 2 aromatic heterocycles. The zero-order valence-corrected chi connectivity index (χ0v) is 14.6. The smallest absolute Gasteiger partial charge is 0.313 e. The molecule has 3 rings (SSSR count). The van der Waals surface area contributed by atoms with E-state index in [4.69, 9.17) is 4.52 Å². The third kappa shape index (κ3) is 3.08. The number of imidazole rings is 1. The van der Waals surface area contributed by atoms with Crippen LogP contribution in [0.2, 0.25) is 0 Å². The molecule has 1 N–H and O–H groups in total. The predicted octanol–water partition coefficient (Wildman–Crippen LogP) is 2.33. The quantitative estimate of drug-likeness (QED) is 0.904. The molecule has 130 valence electrons. The molecule has 1 atom stereocenters. The topological polar surface area (TPSA) is 84.4 Å². The van der Waals surface area contributed by atoms with Gasteiger partial charge in [0.05, 0.1) is 23.4 Å². The number of carbonyl (C=O) groups is 1. The number of aryl methyl sites for hydroxylation is 2. The summed E-state index contributed by atoms with van der Waals surface area (Å²) in [4.78, 5) is 18.4. The number of hydrogen-bond donors (Lipinski definition) is 1. The lowest BCUT2D eigenvalue weighted by Crippen LogP contribution is -2.37. The molecule has 24 heavy (non-hydrogen) atoms. The normalized spacial score (nSPS) is 18.1. The summed E-state index contributed by atoms with van der Waals surface area (Å²) in [5.41, 5.74) is 3.60. The second-order valence-electron chi connectivity index (χ2n) is 6.99. The molecule has 1 unspecified atom stereocenters. The highest BCUT2D eigenvalue weighted by Gasteiger charge is 2.35. The lowest BCUT2D eigenvalue weighted by molar-refractivity contribution is -0.139. The highest BCUT2D eigenvalue weighted by Crippen LogP contribution is 2.30. The summed E-state index contributed by atoms with van der Waals surface area (Å²) in [6, 6.07) is 0. The van der Waals surface area contributed by atoms with E-state index in [1.54, 1.807) is 6.33 Å². The second kappa shape index (κ2) is 6.39. The largest absolute Gasteiger partial charge is 0.481 e. The van der Waals surface area contributed by atoms with Crippen LogP contribution in [0.15, 0.2) is 10.9 Å². The maximum absolute atomic E-state index is 11.8. The van der Waals surface area contributed by atoms with Crippen molar-refractivity contribution in [2.24, 2.45) is 5.92 Å². The van der Waals surface area contributed by atoms with Crippen LogP contribution in [-0.2, 0) is 24.4 Å². The average molecular weight is 332 g/mol. The van der Waals surface area contributed by atoms with Crippen LogP contribution in [0.1, 0.15) is 48.2 Å². The molecule has 0 aliphatic carbocycles. The van der Waals surface area contributed by atoms with Gasteiger partial charge in [0.25, 0.3) is 0 Å². The molecule has 1 aliphatic rings. The number of carboxylic acids is 1. The summed E-state index contributed by atoms with van der Waals surface area (Å²) in [5.74, 6) is -0.130. The third-order valence-electron chi connectivity index (χ3n) is 4.53. The highest BCUT2D eigenvalue weighted by atomic mass is 16.5. The Labute approximate surface area is 141 Å². The maximum atomic E-state index is 11.8. The van der Waals surface area contributed by atoms with Crippen molar-refractivity contribution in [2.45, 2.75) is 53.2 Å². The van der Waals surface area contributed by atoms with Crippen LogP contribution < -0.4 is 0 Å². The minimum Gasteiger partial charge on any atom is -0.481 e. The average Bonchev–Trinajstić information content (AvgIpc) is 3.04. The summed E-state index contributed by atoms with van der Waals surface area (Å²) in [6.45, 7) is 10.6. The van der Waals surface area contributed by atoms with Gasteiger partial charge in [0.1, 0.15) is 11.7 Å². The zero-order chi connectivity index (χ0) is 17.4. The Morgan fingerprint density at radius 1 is 1.46 bits per heavy atom. The van der Waals surface area contributed by atoms with Gasteiger partial charge >= 0.3 is 5.97 Å². The number of aromatic nitrogens is 3. The van der Waals surface area contributed by atoms with Crippen LogP contribution in [0.5, 0.6) is 0 Å². The van der Waals surface area contributed by atoms with Crippen molar-refractivity contribution < 1.29 is 14.4 Å². The molecule has 0 saturated carbocycles. The highest BCUT2D eigenvalue weighted by molar-refractivity contribution is 5.76. The van der Waals surface area contributed by atoms with Crippen LogP contribution in [0.25, 0.3) is 0 Å². The summed E-state index contributed by atoms with van der Waals surface area (Å²) < 4.78 is 7.22. The number of aliphatic carboxylic acids is 1. The summed E-state index contributed by atoms with van der Waals surface area (Å²) >= 11 is 0. The van der Waals surface area contributed by atoms with Gasteiger partial charge in [-0.2, -0.15) is 0 Å². The summed E-state index contributed by atoms with van der Waals surface area (Å²) in [6.07, 6.45) is 1.78. The molecular weight excluding hydrogens is 308 g/mol. The Morgan fingerprint density at radius 2 is 2.21 bits per heavy atom. The number of rotatable bonds is 5. The van der Waals surface area contributed by atoms with Crippen molar-refractivity contribution in [2.75, 3.05) is 6.54 Å². The van der Waals surface area contributed by atoms with Crippen molar-refractivity contribution in [1.29, 1.82) is 0 Å². The molecule has 7 heteroatoms. The predicted molar refractivity (Wildman–Crippen MR) is 87.5 cm³/mol. The standard InChI is InChI=1S/C17H24N4O3/c1-10(2)5-21-9-18-15-8-20(7-14(16(15)21)17(22)23)6-13-11(3)19-24-12(13)4/h9-10,14H,5-8H2,1-4H3,(H,22,23). The minimum atomic E-state index is -0.801. The Bertz CT molecular complexity index is 728. The SMILES string of the molecule is Cc1noc(C)c1CN1Cc2ncn(CC(C)C)c2C(C(=O)O)C1. The number of hydrogen-bond acceptors (Lipinski definition) is 5. The first-order valence-corrected chi connectivity index (χ1v) is 8.27. The van der Waals surface area contributed by atoms with E-state index in [0.29, 0.717) is 25.6 Å². The molecule has 0 radical (unpaired) electrons. The van der Waals surface area contributed by atoms with E-state index in [9.17, 15) is 9.90 Å². The van der Waals surface area contributed by atoms with E-state index in [-0.39, 0.29) is 0 Å². The van der Waals surface area contributed by atoms with Crippen molar-refractivity contribution >= 4 is 5.97 Å². The van der Waals surface area contributed by atoms with E-state index in [1.165, 1.54) is 0 Å². The maximum Gasteiger partial charge on any atom is 0.313 e. The number of nitrogens with zero attached hydrogens (tertiary/aromatic N) is 4. The summed E-state index contributed by atoms with van der Waals surface area (Å²) in [5, 5.41) is 13.7. The minimum absolute atomic E-state index is 0.443. The van der Waals surface area contributed by atoms with E-state index in [1.807, 2.05) is 18.4 Å². The molecule has 0 aromatic carbocycles. The Kier molecular flexibility index (Phi) is 4.45. The molecule has 0 bridgehead atoms. The van der Waals surface area contributed by atoms with Crippen molar-refractivity contribution in [3.8, 4) is 0 Å². The molecule has 0 fully saturated rings. The number of fused-ring (bicyclic) bond motifs is 1. The van der Waals surface area contributed by atoms with Crippen LogP contribution in [0.4, 0.5) is 0 Å². The van der Waals surface area contributed by atoms with Gasteiger partial charge < -0.3 is 14.2 Å². The Balaban J connectivity index is 1.88. The van der Waals surface area contributed by atoms with Gasteiger partial charge in [-0.15, -0.1) is 0 Å². The van der Waals surface area contributed by atoms with Crippen molar-refractivity contribution in [3.05, 3.63) is 34.7 Å². The molecule has 0 saturated heterocycles. The first kappa shape index (κ1) is 16.7. The Morgan fingerprint density at radius 3 is 2.79 bits per heavy atom. The molecular formula is C17H24N4O3. The fourth-order valence-corrected chi connectivity index (χ4v) is 3.38. The molecule has 2 aromatic rings. The van der Waals surface area contributed by atoms with Crippen LogP contribution >= 0.6 is 0 Å². The third-order valence-corrected chi connectivity index (χ3v) is 4.53. The first-order valence-electron chi connectivity index (χ1n) is 8.27. The van der Waals surface area contributed by atoms with Gasteiger partial charge in [-0.25, -0.2) is 4.98 Å². The van der Waals surface area contributed by atoms with Crippen molar-refractivity contribution in [3.63, 3.8) is 0 Å². The molecule has 0 spiro atoms. The van der Waals surface area contributed by atoms with Crippen LogP contribution in [-0.4, -0.2) is 37.2 Å². The van der Waals surface area contributed by atoms with Gasteiger partial charge in [0, 0.05) is 31.7 Å². The van der Waals surface area contributed by atoms with E-state index in [0.717, 1.165) is 35.0 Å². The van der Waals surface area contributed by atoms with Gasteiger partial charge in [-0.3, -0.25) is 9.69 Å². The molecule has 1 aliphatic heterocycles. The zero-order valence-electron chi connectivity index (χ0n) is 14.6. The van der Waals surface area contributed by atoms with E-state index in [2.05, 4.69) is 28.9 Å². The fourth-order valence-electron chi connectivity index (χ4n) is 3.38. The van der Waals surface area contributed by atoms with Gasteiger partial charge in [-0.1, -0.05) is 19.0 Å². The monoisotopic (exact) mass is 332 g/mol. The summed E-state index contributed by atoms with van der Waals surface area (Å²) in [7, 11) is 0. The first-order chi connectivity index (χ1) is 11.4. The molecule has 3 heterocycles. The lowest BCUT2D eigenvalue weighted by Gasteiger charge is -2.31. The van der Waals surface area contributed by atoms with Crippen LogP contribution in [0, 0.1) is 19.8 Å². The molecule has 7 nitrogen and oxygen atoms in total. The van der Waals surface area contributed by atoms with Crippen LogP contribution in [0.3, 0.4) is 0 Å². The van der Waals surface area contributed by atoms with Gasteiger partial charge in [0.15, 0.2) is 0 Å². The number of carboxylic acid groups (broad SMARTS) is 1. The van der Waals surface area contributed by atoms with Crippen molar-refractivity contribution in [1.82, 2.24) is 19.6 Å². The Hall–Kier alpha value is -2.15. The van der Waals surface area contributed by atoms with Gasteiger partial charge in [0.2, 0.25) is 0 Å². The molecule has 0 amide bonds. The second-order valence-corrected chi connectivity index (χ2v) is 6.99.